The first kappa shape index (κ1) is 22.0. The van der Waals surface area contributed by atoms with Gasteiger partial charge in [-0.3, -0.25) is 9.78 Å². The third-order valence-electron chi connectivity index (χ3n) is 5.21. The summed E-state index contributed by atoms with van der Waals surface area (Å²) in [5.41, 5.74) is 2.14. The van der Waals surface area contributed by atoms with Gasteiger partial charge in [0.2, 0.25) is 11.7 Å². The van der Waals surface area contributed by atoms with E-state index >= 15 is 0 Å². The summed E-state index contributed by atoms with van der Waals surface area (Å²) in [6.45, 7) is 1.13. The maximum Gasteiger partial charge on any atom is 0.264 e. The maximum atomic E-state index is 12.9. The topological polar surface area (TPSA) is 117 Å². The zero-order chi connectivity index (χ0) is 23.4. The van der Waals surface area contributed by atoms with Crippen LogP contribution in [0.25, 0.3) is 10.9 Å². The largest absolute Gasteiger partial charge is 0.493 e. The van der Waals surface area contributed by atoms with E-state index in [1.165, 1.54) is 21.3 Å². The van der Waals surface area contributed by atoms with Gasteiger partial charge < -0.3 is 29.4 Å². The summed E-state index contributed by atoms with van der Waals surface area (Å²) in [7, 11) is 6.36. The number of H-pyrrole nitrogens is 2. The summed E-state index contributed by atoms with van der Waals surface area (Å²) in [6.07, 6.45) is 3.52. The Bertz CT molecular complexity index is 1300. The number of fused-ring (bicyclic) bond motifs is 1. The zero-order valence-corrected chi connectivity index (χ0v) is 18.9. The predicted octanol–water partition coefficient (Wildman–Crippen LogP) is 2.92. The van der Waals surface area contributed by atoms with Crippen molar-refractivity contribution in [2.45, 2.75) is 13.1 Å². The molecule has 0 bridgehead atoms. The van der Waals surface area contributed by atoms with E-state index in [1.54, 1.807) is 18.5 Å². The van der Waals surface area contributed by atoms with Gasteiger partial charge in [-0.1, -0.05) is 12.1 Å². The number of nitrogens with zero attached hydrogens (tertiary/aromatic N) is 3. The van der Waals surface area contributed by atoms with Crippen LogP contribution in [0.15, 0.2) is 47.5 Å². The van der Waals surface area contributed by atoms with E-state index < -0.39 is 0 Å². The summed E-state index contributed by atoms with van der Waals surface area (Å²) in [5, 5.41) is 3.65. The predicted molar refractivity (Wildman–Crippen MR) is 126 cm³/mol. The molecule has 10 heteroatoms. The molecule has 0 aliphatic carbocycles. The molecule has 2 aromatic carbocycles. The Morgan fingerprint density at radius 3 is 2.61 bits per heavy atom. The average molecular weight is 450 g/mol. The molecule has 0 fully saturated rings. The minimum atomic E-state index is -0.325. The quantitative estimate of drug-likeness (QED) is 0.356. The molecule has 0 aliphatic heterocycles. The highest BCUT2D eigenvalue weighted by atomic mass is 16.5. The molecule has 0 amide bonds. The number of imidazole rings is 1. The van der Waals surface area contributed by atoms with Gasteiger partial charge in [-0.15, -0.1) is 0 Å². The van der Waals surface area contributed by atoms with E-state index in [1.807, 2.05) is 30.1 Å². The van der Waals surface area contributed by atoms with Crippen molar-refractivity contribution in [1.82, 2.24) is 19.9 Å². The molecule has 0 radical (unpaired) electrons. The monoisotopic (exact) mass is 450 g/mol. The number of ether oxygens (including phenoxy) is 3. The van der Waals surface area contributed by atoms with E-state index in [2.05, 4.69) is 31.3 Å². The first-order chi connectivity index (χ1) is 16.0. The third-order valence-corrected chi connectivity index (χ3v) is 5.21. The van der Waals surface area contributed by atoms with Gasteiger partial charge in [0.15, 0.2) is 11.5 Å². The molecule has 4 rings (SSSR count). The highest BCUT2D eigenvalue weighted by Crippen LogP contribution is 2.41. The van der Waals surface area contributed by atoms with Crippen molar-refractivity contribution >= 4 is 22.5 Å². The molecule has 0 saturated carbocycles. The average Bonchev–Trinajstić information content (AvgIpc) is 3.35. The number of methoxy groups -OCH3 is 3. The molecular weight excluding hydrogens is 424 g/mol. The van der Waals surface area contributed by atoms with E-state index in [-0.39, 0.29) is 11.3 Å². The van der Waals surface area contributed by atoms with Gasteiger partial charge in [-0.2, -0.15) is 0 Å². The fraction of sp³-hybridized carbons (Fsp3) is 0.261. The fourth-order valence-corrected chi connectivity index (χ4v) is 3.65. The number of hydrogen-bond acceptors (Lipinski definition) is 8. The molecule has 0 spiro atoms. The molecular formula is C23H26N6O4. The lowest BCUT2D eigenvalue weighted by Gasteiger charge is -2.20. The molecule has 3 N–H and O–H groups in total. The number of aromatic nitrogens is 4. The second kappa shape index (κ2) is 9.51. The van der Waals surface area contributed by atoms with Crippen molar-refractivity contribution in [2.24, 2.45) is 0 Å². The first-order valence-electron chi connectivity index (χ1n) is 10.3. The maximum absolute atomic E-state index is 12.9. The molecule has 0 atom stereocenters. The van der Waals surface area contributed by atoms with E-state index in [0.717, 1.165) is 17.1 Å². The van der Waals surface area contributed by atoms with Gasteiger partial charge in [-0.05, 0) is 17.7 Å². The van der Waals surface area contributed by atoms with Crippen LogP contribution in [0.3, 0.4) is 0 Å². The van der Waals surface area contributed by atoms with E-state index in [4.69, 9.17) is 14.2 Å². The highest BCUT2D eigenvalue weighted by Gasteiger charge is 2.20. The van der Waals surface area contributed by atoms with Crippen LogP contribution in [0, 0.1) is 0 Å². The number of rotatable bonds is 9. The van der Waals surface area contributed by atoms with Gasteiger partial charge in [0.25, 0.3) is 5.56 Å². The van der Waals surface area contributed by atoms with Gasteiger partial charge in [-0.25, -0.2) is 9.97 Å². The molecule has 2 aromatic heterocycles. The van der Waals surface area contributed by atoms with Crippen molar-refractivity contribution in [1.29, 1.82) is 0 Å². The molecule has 33 heavy (non-hydrogen) atoms. The van der Waals surface area contributed by atoms with Gasteiger partial charge in [0.1, 0.15) is 11.2 Å². The van der Waals surface area contributed by atoms with Crippen LogP contribution >= 0.6 is 0 Å². The van der Waals surface area contributed by atoms with Crippen LogP contribution in [0.1, 0.15) is 11.4 Å². The van der Waals surface area contributed by atoms with Gasteiger partial charge in [0.05, 0.1) is 33.4 Å². The van der Waals surface area contributed by atoms with Crippen LogP contribution in [0.2, 0.25) is 0 Å². The second-order valence-electron chi connectivity index (χ2n) is 7.37. The van der Waals surface area contributed by atoms with Crippen molar-refractivity contribution in [3.63, 3.8) is 0 Å². The minimum absolute atomic E-state index is 0.283. The standard InChI is InChI=1S/C23H26N6O4/c1-29(13-14-6-5-7-15(10-14)26-12-18-24-8-9-25-18)23-27-16-11-17(31-2)20(32-3)21(33-4)19(16)22(30)28-23/h5-11,26H,12-13H2,1-4H3,(H,24,25)(H,27,28,30). The first-order valence-corrected chi connectivity index (χ1v) is 10.3. The molecule has 4 aromatic rings. The Labute approximate surface area is 190 Å². The van der Waals surface area contributed by atoms with Gasteiger partial charge in [0, 0.05) is 37.7 Å². The van der Waals surface area contributed by atoms with Crippen molar-refractivity contribution < 1.29 is 14.2 Å². The molecule has 10 nitrogen and oxygen atoms in total. The molecule has 0 unspecified atom stereocenters. The molecule has 2 heterocycles. The summed E-state index contributed by atoms with van der Waals surface area (Å²) >= 11 is 0. The molecule has 0 aliphatic rings. The van der Waals surface area contributed by atoms with Crippen LogP contribution < -0.4 is 30.0 Å². The Balaban J connectivity index is 1.60. The summed E-state index contributed by atoms with van der Waals surface area (Å²) in [4.78, 5) is 29.6. The molecule has 172 valence electrons. The number of hydrogen-bond donors (Lipinski definition) is 3. The van der Waals surface area contributed by atoms with E-state index in [9.17, 15) is 4.79 Å². The SMILES string of the molecule is COc1cc2nc(N(C)Cc3cccc(NCc4ncc[nH]4)c3)[nH]c(=O)c2c(OC)c1OC. The van der Waals surface area contributed by atoms with E-state index in [0.29, 0.717) is 41.4 Å². The van der Waals surface area contributed by atoms with Crippen LogP contribution in [-0.4, -0.2) is 48.3 Å². The summed E-state index contributed by atoms with van der Waals surface area (Å²) in [5.74, 6) is 2.35. The van der Waals surface area contributed by atoms with Crippen molar-refractivity contribution in [3.8, 4) is 17.2 Å². The Kier molecular flexibility index (Phi) is 6.34. The fourth-order valence-electron chi connectivity index (χ4n) is 3.65. The lowest BCUT2D eigenvalue weighted by molar-refractivity contribution is 0.327. The van der Waals surface area contributed by atoms with Crippen LogP contribution in [-0.2, 0) is 13.1 Å². The van der Waals surface area contributed by atoms with Crippen molar-refractivity contribution in [3.05, 3.63) is 64.5 Å². The lowest BCUT2D eigenvalue weighted by atomic mass is 10.2. The minimum Gasteiger partial charge on any atom is -0.493 e. The second-order valence-corrected chi connectivity index (χ2v) is 7.37. The number of anilines is 2. The van der Waals surface area contributed by atoms with Gasteiger partial charge >= 0.3 is 0 Å². The normalized spacial score (nSPS) is 10.8. The Hall–Kier alpha value is -4.21. The smallest absolute Gasteiger partial charge is 0.264 e. The highest BCUT2D eigenvalue weighted by molar-refractivity contribution is 5.90. The number of aromatic amines is 2. The third kappa shape index (κ3) is 4.54. The van der Waals surface area contributed by atoms with Crippen LogP contribution in [0.5, 0.6) is 17.2 Å². The lowest BCUT2D eigenvalue weighted by Crippen LogP contribution is -2.23. The number of nitrogens with one attached hydrogen (secondary N) is 3. The van der Waals surface area contributed by atoms with Crippen molar-refractivity contribution in [2.75, 3.05) is 38.6 Å². The summed E-state index contributed by atoms with van der Waals surface area (Å²) < 4.78 is 16.2. The summed E-state index contributed by atoms with van der Waals surface area (Å²) in [6, 6.07) is 9.71. The van der Waals surface area contributed by atoms with Crippen LogP contribution in [0.4, 0.5) is 11.6 Å². The Morgan fingerprint density at radius 2 is 1.91 bits per heavy atom. The Morgan fingerprint density at radius 1 is 1.09 bits per heavy atom. The zero-order valence-electron chi connectivity index (χ0n) is 18.9. The number of benzene rings is 2. The molecule has 0 saturated heterocycles.